The Morgan fingerprint density at radius 3 is 2.36 bits per heavy atom. The van der Waals surface area contributed by atoms with Crippen LogP contribution in [0.15, 0.2) is 36.4 Å². The molecular weight excluding hydrogens is 485 g/mol. The van der Waals surface area contributed by atoms with Crippen molar-refractivity contribution in [3.63, 3.8) is 0 Å². The molecule has 4 rings (SSSR count). The number of hydrogen-bond donors (Lipinski definition) is 2. The monoisotopic (exact) mass is 517 g/mol. The van der Waals surface area contributed by atoms with E-state index in [1.54, 1.807) is 26.4 Å². The van der Waals surface area contributed by atoms with Crippen LogP contribution >= 0.6 is 0 Å². The van der Waals surface area contributed by atoms with Crippen LogP contribution in [0.1, 0.15) is 30.7 Å². The predicted molar refractivity (Wildman–Crippen MR) is 137 cm³/mol. The van der Waals surface area contributed by atoms with Gasteiger partial charge in [0, 0.05) is 37.5 Å². The fourth-order valence-corrected chi connectivity index (χ4v) is 4.99. The lowest BCUT2D eigenvalue weighted by molar-refractivity contribution is 0.355. The quantitative estimate of drug-likeness (QED) is 0.424. The summed E-state index contributed by atoms with van der Waals surface area (Å²) in [6.07, 6.45) is 3.87. The van der Waals surface area contributed by atoms with E-state index in [0.29, 0.717) is 42.6 Å². The zero-order chi connectivity index (χ0) is 25.7. The van der Waals surface area contributed by atoms with Crippen LogP contribution in [0.5, 0.6) is 11.5 Å². The summed E-state index contributed by atoms with van der Waals surface area (Å²) in [6.45, 7) is 1.92. The molecule has 1 aromatic heterocycles. The Labute approximate surface area is 211 Å². The van der Waals surface area contributed by atoms with Gasteiger partial charge in [0.15, 0.2) is 11.5 Å². The maximum absolute atomic E-state index is 13.3. The molecule has 2 aromatic carbocycles. The molecule has 0 atom stereocenters. The van der Waals surface area contributed by atoms with Crippen LogP contribution in [0.4, 0.5) is 10.2 Å². The highest BCUT2D eigenvalue weighted by molar-refractivity contribution is 7.87. The molecule has 1 aliphatic rings. The summed E-state index contributed by atoms with van der Waals surface area (Å²) in [5, 5.41) is 5.91. The molecule has 11 heteroatoms. The lowest BCUT2D eigenvalue weighted by atomic mass is 9.93. The molecule has 194 valence electrons. The predicted octanol–water partition coefficient (Wildman–Crippen LogP) is 2.97. The summed E-state index contributed by atoms with van der Waals surface area (Å²) in [5.74, 6) is 2.90. The number of aromatic nitrogens is 2. The molecule has 0 unspecified atom stereocenters. The molecule has 1 fully saturated rings. The number of rotatable bonds is 10. The SMILES string of the molecule is COc1cc2nc(CCc3ccc(F)cc3)nc(N3CCC(CCNS(N)(=O)=O)CC3)c2cc1OC. The van der Waals surface area contributed by atoms with E-state index in [-0.39, 0.29) is 5.82 Å². The number of nitrogens with two attached hydrogens (primary N) is 1. The van der Waals surface area contributed by atoms with Gasteiger partial charge in [-0.15, -0.1) is 0 Å². The number of anilines is 1. The van der Waals surface area contributed by atoms with Crippen molar-refractivity contribution in [2.45, 2.75) is 32.1 Å². The minimum Gasteiger partial charge on any atom is -0.493 e. The number of fused-ring (bicyclic) bond motifs is 1. The summed E-state index contributed by atoms with van der Waals surface area (Å²) in [4.78, 5) is 12.0. The van der Waals surface area contributed by atoms with Crippen molar-refractivity contribution in [2.75, 3.05) is 38.8 Å². The first-order valence-corrected chi connectivity index (χ1v) is 13.5. The van der Waals surface area contributed by atoms with E-state index in [1.165, 1.54) is 12.1 Å². The minimum absolute atomic E-state index is 0.257. The number of benzene rings is 2. The van der Waals surface area contributed by atoms with Crippen molar-refractivity contribution < 1.29 is 22.3 Å². The summed E-state index contributed by atoms with van der Waals surface area (Å²) >= 11 is 0. The van der Waals surface area contributed by atoms with Crippen LogP contribution in [0.3, 0.4) is 0 Å². The number of nitrogens with zero attached hydrogens (tertiary/aromatic N) is 3. The number of hydrogen-bond acceptors (Lipinski definition) is 7. The molecule has 0 saturated carbocycles. The molecule has 0 aliphatic carbocycles. The van der Waals surface area contributed by atoms with E-state index < -0.39 is 10.2 Å². The smallest absolute Gasteiger partial charge is 0.274 e. The molecule has 0 spiro atoms. The highest BCUT2D eigenvalue weighted by Crippen LogP contribution is 2.36. The normalized spacial score (nSPS) is 14.8. The molecule has 9 nitrogen and oxygen atoms in total. The lowest BCUT2D eigenvalue weighted by Crippen LogP contribution is -2.37. The second kappa shape index (κ2) is 11.4. The Kier molecular flexibility index (Phi) is 8.22. The standard InChI is InChI=1S/C25H32FN5O4S/c1-34-22-15-20-21(16-23(22)35-2)29-24(8-5-17-3-6-19(26)7-4-17)30-25(20)31-13-10-18(11-14-31)9-12-28-36(27,32)33/h3-4,6-7,15-16,18,28H,5,8-14H2,1-2H3,(H2,27,32,33). The van der Waals surface area contributed by atoms with Crippen LogP contribution < -0.4 is 24.2 Å². The largest absolute Gasteiger partial charge is 0.493 e. The highest BCUT2D eigenvalue weighted by atomic mass is 32.2. The Morgan fingerprint density at radius 2 is 1.72 bits per heavy atom. The zero-order valence-corrected chi connectivity index (χ0v) is 21.4. The molecular formula is C25H32FN5O4S. The van der Waals surface area contributed by atoms with Crippen molar-refractivity contribution in [2.24, 2.45) is 11.1 Å². The molecule has 3 N–H and O–H groups in total. The topological polar surface area (TPSA) is 120 Å². The number of piperidine rings is 1. The van der Waals surface area contributed by atoms with Crippen molar-refractivity contribution in [1.82, 2.24) is 14.7 Å². The zero-order valence-electron chi connectivity index (χ0n) is 20.5. The first-order chi connectivity index (χ1) is 17.3. The van der Waals surface area contributed by atoms with Gasteiger partial charge in [0.25, 0.3) is 10.2 Å². The summed E-state index contributed by atoms with van der Waals surface area (Å²) in [6, 6.07) is 10.3. The number of aryl methyl sites for hydroxylation is 2. The Hall–Kier alpha value is -3.02. The Bertz CT molecular complexity index is 1300. The number of methoxy groups -OCH3 is 2. The van der Waals surface area contributed by atoms with Gasteiger partial charge < -0.3 is 14.4 Å². The van der Waals surface area contributed by atoms with E-state index >= 15 is 0 Å². The van der Waals surface area contributed by atoms with Crippen LogP contribution in [0.2, 0.25) is 0 Å². The summed E-state index contributed by atoms with van der Waals surface area (Å²) in [5.41, 5.74) is 1.79. The third-order valence-electron chi connectivity index (χ3n) is 6.55. The van der Waals surface area contributed by atoms with E-state index in [4.69, 9.17) is 24.6 Å². The fraction of sp³-hybridized carbons (Fsp3) is 0.440. The van der Waals surface area contributed by atoms with Crippen LogP contribution in [-0.2, 0) is 23.1 Å². The average Bonchev–Trinajstić information content (AvgIpc) is 2.86. The van der Waals surface area contributed by atoms with Gasteiger partial charge in [-0.25, -0.2) is 24.2 Å². The highest BCUT2D eigenvalue weighted by Gasteiger charge is 2.23. The molecule has 2 heterocycles. The second-order valence-corrected chi connectivity index (χ2v) is 10.4. The molecule has 1 saturated heterocycles. The minimum atomic E-state index is -3.67. The van der Waals surface area contributed by atoms with Crippen LogP contribution in [0, 0.1) is 11.7 Å². The second-order valence-electron chi connectivity index (χ2n) is 8.97. The summed E-state index contributed by atoms with van der Waals surface area (Å²) in [7, 11) is -0.472. The van der Waals surface area contributed by atoms with Gasteiger partial charge in [-0.2, -0.15) is 8.42 Å². The average molecular weight is 518 g/mol. The molecule has 1 aliphatic heterocycles. The maximum Gasteiger partial charge on any atom is 0.274 e. The van der Waals surface area contributed by atoms with E-state index in [1.807, 2.05) is 12.1 Å². The van der Waals surface area contributed by atoms with Crippen molar-refractivity contribution in [3.05, 3.63) is 53.6 Å². The third-order valence-corrected chi connectivity index (χ3v) is 7.15. The number of ether oxygens (including phenoxy) is 2. The van der Waals surface area contributed by atoms with Gasteiger partial charge in [0.2, 0.25) is 0 Å². The van der Waals surface area contributed by atoms with Gasteiger partial charge in [-0.3, -0.25) is 0 Å². The van der Waals surface area contributed by atoms with Gasteiger partial charge in [-0.1, -0.05) is 12.1 Å². The number of nitrogens with one attached hydrogen (secondary N) is 1. The van der Waals surface area contributed by atoms with Crippen molar-refractivity contribution in [3.8, 4) is 11.5 Å². The molecule has 0 bridgehead atoms. The molecule has 0 amide bonds. The van der Waals surface area contributed by atoms with Gasteiger partial charge in [-0.05, 0) is 55.4 Å². The summed E-state index contributed by atoms with van der Waals surface area (Å²) < 4.78 is 48.9. The van der Waals surface area contributed by atoms with E-state index in [0.717, 1.165) is 54.6 Å². The van der Waals surface area contributed by atoms with Gasteiger partial charge in [0.1, 0.15) is 17.5 Å². The van der Waals surface area contributed by atoms with E-state index in [2.05, 4.69) is 9.62 Å². The van der Waals surface area contributed by atoms with E-state index in [9.17, 15) is 12.8 Å². The van der Waals surface area contributed by atoms with Gasteiger partial charge >= 0.3 is 0 Å². The van der Waals surface area contributed by atoms with Crippen molar-refractivity contribution in [1.29, 1.82) is 0 Å². The Balaban J connectivity index is 1.57. The number of halogens is 1. The van der Waals surface area contributed by atoms with Gasteiger partial charge in [0.05, 0.1) is 19.7 Å². The maximum atomic E-state index is 13.3. The van der Waals surface area contributed by atoms with Crippen LogP contribution in [-0.4, -0.2) is 52.2 Å². The first-order valence-electron chi connectivity index (χ1n) is 11.9. The van der Waals surface area contributed by atoms with Crippen LogP contribution in [0.25, 0.3) is 10.9 Å². The first kappa shape index (κ1) is 26.1. The third kappa shape index (κ3) is 6.59. The fourth-order valence-electron chi connectivity index (χ4n) is 4.59. The molecule has 36 heavy (non-hydrogen) atoms. The Morgan fingerprint density at radius 1 is 1.06 bits per heavy atom. The van der Waals surface area contributed by atoms with Crippen molar-refractivity contribution >= 4 is 26.9 Å². The lowest BCUT2D eigenvalue weighted by Gasteiger charge is -2.33. The molecule has 0 radical (unpaired) electrons. The molecule has 3 aromatic rings.